The summed E-state index contributed by atoms with van der Waals surface area (Å²) in [6.07, 6.45) is 1.38. The lowest BCUT2D eigenvalue weighted by molar-refractivity contribution is -0.137. The number of nitrogens with two attached hydrogens (primary N) is 1. The quantitative estimate of drug-likeness (QED) is 0.696. The van der Waals surface area contributed by atoms with Crippen molar-refractivity contribution in [3.63, 3.8) is 0 Å². The van der Waals surface area contributed by atoms with E-state index in [1.807, 2.05) is 0 Å². The molecule has 0 spiro atoms. The van der Waals surface area contributed by atoms with E-state index in [1.165, 1.54) is 29.8 Å². The second-order valence-electron chi connectivity index (χ2n) is 10.4. The number of anilines is 1. The number of allylic oxidation sites excluding steroid dienone is 2. The molecule has 1 aliphatic carbocycles. The van der Waals surface area contributed by atoms with Crippen molar-refractivity contribution in [3.05, 3.63) is 40.6 Å². The van der Waals surface area contributed by atoms with Crippen LogP contribution in [0.5, 0.6) is 0 Å². The van der Waals surface area contributed by atoms with Gasteiger partial charge in [0.2, 0.25) is 0 Å². The number of ether oxygens (including phenoxy) is 1. The van der Waals surface area contributed by atoms with Crippen molar-refractivity contribution >= 4 is 5.69 Å². The Kier molecular flexibility index (Phi) is 5.79. The first-order valence-electron chi connectivity index (χ1n) is 12.0. The van der Waals surface area contributed by atoms with E-state index in [0.29, 0.717) is 24.2 Å². The molecule has 7 heteroatoms. The first-order valence-corrected chi connectivity index (χ1v) is 12.0. The summed E-state index contributed by atoms with van der Waals surface area (Å²) in [5.41, 5.74) is 10.1. The highest BCUT2D eigenvalue weighted by molar-refractivity contribution is 5.62. The largest absolute Gasteiger partial charge is 0.416 e. The third kappa shape index (κ3) is 4.31. The number of piperidine rings is 1. The van der Waals surface area contributed by atoms with Crippen LogP contribution in [0.2, 0.25) is 0 Å². The Bertz CT molecular complexity index is 891. The molecule has 3 heterocycles. The molecule has 0 saturated carbocycles. The molecular formula is C25H34F3N3O. The van der Waals surface area contributed by atoms with Crippen molar-refractivity contribution in [1.82, 2.24) is 4.90 Å². The predicted octanol–water partition coefficient (Wildman–Crippen LogP) is 4.80. The van der Waals surface area contributed by atoms with E-state index < -0.39 is 11.7 Å². The van der Waals surface area contributed by atoms with E-state index in [2.05, 4.69) is 17.1 Å². The molecule has 1 aromatic rings. The van der Waals surface area contributed by atoms with Gasteiger partial charge < -0.3 is 20.7 Å². The number of likely N-dealkylation sites (tertiary alicyclic amines) is 1. The molecule has 0 amide bonds. The van der Waals surface area contributed by atoms with Crippen molar-refractivity contribution in [2.24, 2.45) is 23.5 Å². The van der Waals surface area contributed by atoms with E-state index in [4.69, 9.17) is 10.5 Å². The summed E-state index contributed by atoms with van der Waals surface area (Å²) >= 11 is 0. The molecule has 5 rings (SSSR count). The fourth-order valence-electron chi connectivity index (χ4n) is 6.26. The highest BCUT2D eigenvalue weighted by Crippen LogP contribution is 2.47. The molecular weight excluding hydrogens is 415 g/mol. The average Bonchev–Trinajstić information content (AvgIpc) is 2.76. The van der Waals surface area contributed by atoms with Gasteiger partial charge in [-0.05, 0) is 98.7 Å². The number of hydrogen-bond donors (Lipinski definition) is 2. The van der Waals surface area contributed by atoms with Gasteiger partial charge in [0.05, 0.1) is 5.56 Å². The van der Waals surface area contributed by atoms with Gasteiger partial charge in [0.25, 0.3) is 0 Å². The Hall–Kier alpha value is -1.57. The van der Waals surface area contributed by atoms with Crippen molar-refractivity contribution < 1.29 is 17.9 Å². The molecule has 32 heavy (non-hydrogen) atoms. The Balaban J connectivity index is 1.27. The molecule has 0 bridgehead atoms. The van der Waals surface area contributed by atoms with Crippen LogP contribution >= 0.6 is 0 Å². The molecule has 0 unspecified atom stereocenters. The van der Waals surface area contributed by atoms with Gasteiger partial charge >= 0.3 is 6.18 Å². The number of nitrogens with one attached hydrogen (secondary N) is 1. The predicted molar refractivity (Wildman–Crippen MR) is 119 cm³/mol. The number of benzene rings is 1. The zero-order valence-corrected chi connectivity index (χ0v) is 18.8. The zero-order valence-electron chi connectivity index (χ0n) is 18.8. The Labute approximate surface area is 188 Å². The maximum atomic E-state index is 13.2. The fraction of sp³-hybridized carbons (Fsp3) is 0.680. The van der Waals surface area contributed by atoms with Gasteiger partial charge in [-0.25, -0.2) is 0 Å². The van der Waals surface area contributed by atoms with E-state index in [1.54, 1.807) is 6.07 Å². The minimum atomic E-state index is -4.30. The summed E-state index contributed by atoms with van der Waals surface area (Å²) < 4.78 is 45.1. The summed E-state index contributed by atoms with van der Waals surface area (Å²) in [6.45, 7) is 6.99. The molecule has 176 valence electrons. The van der Waals surface area contributed by atoms with Gasteiger partial charge in [0.1, 0.15) is 0 Å². The third-order valence-electron chi connectivity index (χ3n) is 8.45. The first-order chi connectivity index (χ1) is 15.2. The van der Waals surface area contributed by atoms with Crippen molar-refractivity contribution in [1.29, 1.82) is 0 Å². The van der Waals surface area contributed by atoms with Crippen LogP contribution in [0.1, 0.15) is 50.2 Å². The number of fused-ring (bicyclic) bond motifs is 2. The van der Waals surface area contributed by atoms with Crippen LogP contribution in [0.15, 0.2) is 29.5 Å². The van der Waals surface area contributed by atoms with Gasteiger partial charge in [-0.1, -0.05) is 6.92 Å². The number of alkyl halides is 3. The summed E-state index contributed by atoms with van der Waals surface area (Å²) in [6, 6.07) is 4.11. The zero-order chi connectivity index (χ0) is 22.5. The molecule has 2 fully saturated rings. The SMILES string of the molecule is C[C@H]1C2=C(C[C@H]3CCN(CCC4(N)CCOCC4)C[C@@H]31)Nc1ccc(C(F)(F)F)cc1C2. The first kappa shape index (κ1) is 22.2. The van der Waals surface area contributed by atoms with Crippen LogP contribution in [0, 0.1) is 17.8 Å². The average molecular weight is 450 g/mol. The van der Waals surface area contributed by atoms with Crippen LogP contribution in [0.4, 0.5) is 18.9 Å². The standard InChI is InChI=1S/C25H34F3N3O/c1-16-20-13-18-12-19(25(26,27)28)2-3-22(18)30-23(20)14-17-4-8-31(15-21(16)17)9-5-24(29)6-10-32-11-7-24/h2-3,12,16-17,21,30H,4-11,13-15,29H2,1H3/t16-,17+,21+/m0/s1. The molecule has 2 saturated heterocycles. The minimum absolute atomic E-state index is 0.101. The highest BCUT2D eigenvalue weighted by atomic mass is 19.4. The number of rotatable bonds is 3. The lowest BCUT2D eigenvalue weighted by Crippen LogP contribution is -2.50. The minimum Gasteiger partial charge on any atom is -0.381 e. The Morgan fingerprint density at radius 2 is 2.03 bits per heavy atom. The number of hydrogen-bond acceptors (Lipinski definition) is 4. The van der Waals surface area contributed by atoms with Crippen molar-refractivity contribution in [3.8, 4) is 0 Å². The summed E-state index contributed by atoms with van der Waals surface area (Å²) in [5.74, 6) is 1.56. The molecule has 0 aromatic heterocycles. The lowest BCUT2D eigenvalue weighted by Gasteiger charge is -2.48. The maximum absolute atomic E-state index is 13.2. The molecule has 3 N–H and O–H groups in total. The van der Waals surface area contributed by atoms with Gasteiger partial charge in [-0.2, -0.15) is 13.2 Å². The van der Waals surface area contributed by atoms with E-state index >= 15 is 0 Å². The molecule has 1 aromatic carbocycles. The summed E-state index contributed by atoms with van der Waals surface area (Å²) in [5, 5.41) is 3.50. The molecule has 4 aliphatic rings. The van der Waals surface area contributed by atoms with Crippen LogP contribution in [0.25, 0.3) is 0 Å². The Morgan fingerprint density at radius 3 is 2.78 bits per heavy atom. The third-order valence-corrected chi connectivity index (χ3v) is 8.45. The molecule has 3 aliphatic heterocycles. The van der Waals surface area contributed by atoms with E-state index in [9.17, 15) is 13.2 Å². The van der Waals surface area contributed by atoms with E-state index in [0.717, 1.165) is 69.8 Å². The van der Waals surface area contributed by atoms with Crippen molar-refractivity contribution in [2.75, 3.05) is 38.2 Å². The normalized spacial score (nSPS) is 30.2. The van der Waals surface area contributed by atoms with Crippen molar-refractivity contribution in [2.45, 2.75) is 57.2 Å². The monoisotopic (exact) mass is 449 g/mol. The molecule has 3 atom stereocenters. The van der Waals surface area contributed by atoms with Crippen LogP contribution in [-0.2, 0) is 17.3 Å². The second-order valence-corrected chi connectivity index (χ2v) is 10.4. The maximum Gasteiger partial charge on any atom is 0.416 e. The molecule has 0 radical (unpaired) electrons. The van der Waals surface area contributed by atoms with Gasteiger partial charge in [-0.15, -0.1) is 0 Å². The smallest absolute Gasteiger partial charge is 0.381 e. The van der Waals surface area contributed by atoms with Gasteiger partial charge in [0, 0.05) is 36.7 Å². The van der Waals surface area contributed by atoms with Crippen LogP contribution in [-0.4, -0.2) is 43.3 Å². The van der Waals surface area contributed by atoms with Gasteiger partial charge in [0.15, 0.2) is 0 Å². The van der Waals surface area contributed by atoms with Crippen LogP contribution < -0.4 is 11.1 Å². The lowest BCUT2D eigenvalue weighted by atomic mass is 9.66. The highest BCUT2D eigenvalue weighted by Gasteiger charge is 2.41. The number of halogens is 3. The molecule has 4 nitrogen and oxygen atoms in total. The number of nitrogens with zero attached hydrogens (tertiary/aromatic N) is 1. The second kappa shape index (κ2) is 8.33. The fourth-order valence-corrected chi connectivity index (χ4v) is 6.26. The van der Waals surface area contributed by atoms with Crippen LogP contribution in [0.3, 0.4) is 0 Å². The van der Waals surface area contributed by atoms with E-state index in [-0.39, 0.29) is 5.54 Å². The summed E-state index contributed by atoms with van der Waals surface area (Å²) in [7, 11) is 0. The Morgan fingerprint density at radius 1 is 1.25 bits per heavy atom. The van der Waals surface area contributed by atoms with Gasteiger partial charge in [-0.3, -0.25) is 0 Å². The summed E-state index contributed by atoms with van der Waals surface area (Å²) in [4.78, 5) is 2.57. The topological polar surface area (TPSA) is 50.5 Å².